The van der Waals surface area contributed by atoms with Crippen LogP contribution in [0.2, 0.25) is 0 Å². The zero-order valence-corrected chi connectivity index (χ0v) is 37.2. The maximum Gasteiger partial charge on any atom is 0.266 e. The summed E-state index contributed by atoms with van der Waals surface area (Å²) in [6.07, 6.45) is 5.96. The van der Waals surface area contributed by atoms with E-state index in [1.54, 1.807) is 32.2 Å². The van der Waals surface area contributed by atoms with Crippen LogP contribution in [-0.2, 0) is 25.6 Å². The lowest BCUT2D eigenvalue weighted by atomic mass is 9.91. The van der Waals surface area contributed by atoms with Gasteiger partial charge in [-0.3, -0.25) is 44.0 Å². The van der Waals surface area contributed by atoms with Crippen LogP contribution in [0.4, 0.5) is 14.5 Å². The Bertz CT molecular complexity index is 2360. The fourth-order valence-corrected chi connectivity index (χ4v) is 10.5. The van der Waals surface area contributed by atoms with Crippen LogP contribution in [0, 0.1) is 0 Å². The van der Waals surface area contributed by atoms with Crippen LogP contribution >= 0.6 is 0 Å². The van der Waals surface area contributed by atoms with Gasteiger partial charge in [-0.2, -0.15) is 5.01 Å². The van der Waals surface area contributed by atoms with E-state index in [2.05, 4.69) is 25.2 Å². The number of piperidine rings is 2. The molecule has 6 heterocycles. The zero-order valence-electron chi connectivity index (χ0n) is 37.2. The van der Waals surface area contributed by atoms with Crippen molar-refractivity contribution in [1.82, 2.24) is 30.0 Å². The standard InChI is InChI=1S/C47H57F2N9O7/c1-28(59)55-21-17-36-35(27-55)45(56-18-8-9-29-23-33(30(25-50)26-51-2)34(43(48)49)24-38(29)56)53(3)58(36)31-15-19-54(20-16-31)41(61)12-5-4-6-22-65-39-11-7-10-32-42(39)47(64)57(46(32)63)37-13-14-40(60)52-44(37)62/h7,10-11,23-26,31,37,43,45H,4-6,8-9,12-22,27,50H2,1-3H3,(H,52,60,62)/b30-25+,51-26?. The lowest BCUT2D eigenvalue weighted by molar-refractivity contribution is -0.136. The summed E-state index contributed by atoms with van der Waals surface area (Å²) in [6, 6.07) is 7.25. The number of carbonyl (C=O) groups excluding carboxylic acids is 6. The SMILES string of the molecule is CN=C/C(=C\N)c1cc2c(cc1C(F)F)N(C1C3=C(CCN(C(C)=O)C3)N(C3CCN(C(=O)CCCCCOc4cccc5c4C(=O)N(C4CCC(=O)NC4=O)C5=O)CC3)N1C)CCC2. The van der Waals surface area contributed by atoms with E-state index < -0.39 is 36.1 Å². The van der Waals surface area contributed by atoms with Crippen molar-refractivity contribution < 1.29 is 42.3 Å². The van der Waals surface area contributed by atoms with Gasteiger partial charge in [-0.05, 0) is 86.8 Å². The van der Waals surface area contributed by atoms with Gasteiger partial charge in [0.05, 0.1) is 17.7 Å². The molecule has 6 aliphatic rings. The van der Waals surface area contributed by atoms with Crippen LogP contribution in [0.1, 0.15) is 115 Å². The average molecular weight is 898 g/mol. The van der Waals surface area contributed by atoms with Crippen LogP contribution < -0.4 is 20.7 Å². The Balaban J connectivity index is 0.872. The summed E-state index contributed by atoms with van der Waals surface area (Å²) in [6.45, 7) is 4.73. The minimum atomic E-state index is -2.73. The summed E-state index contributed by atoms with van der Waals surface area (Å²) < 4.78 is 35.5. The second-order valence-corrected chi connectivity index (χ2v) is 17.5. The Morgan fingerprint density at radius 3 is 2.46 bits per heavy atom. The van der Waals surface area contributed by atoms with Gasteiger partial charge in [0.25, 0.3) is 18.2 Å². The third-order valence-electron chi connectivity index (χ3n) is 13.7. The molecule has 0 aromatic heterocycles. The molecule has 0 radical (unpaired) electrons. The molecule has 3 N–H and O–H groups in total. The van der Waals surface area contributed by atoms with Gasteiger partial charge in [-0.15, -0.1) is 0 Å². The third-order valence-corrected chi connectivity index (χ3v) is 13.7. The number of likely N-dealkylation sites (N-methyl/N-ethyl adjacent to an activating group) is 1. The Labute approximate surface area is 377 Å². The highest BCUT2D eigenvalue weighted by Gasteiger charge is 2.48. The first-order valence-electron chi connectivity index (χ1n) is 22.6. The first-order valence-corrected chi connectivity index (χ1v) is 22.6. The molecule has 0 bridgehead atoms. The highest BCUT2D eigenvalue weighted by atomic mass is 19.3. The second-order valence-electron chi connectivity index (χ2n) is 17.5. The molecule has 0 aliphatic carbocycles. The predicted molar refractivity (Wildman–Crippen MR) is 238 cm³/mol. The summed E-state index contributed by atoms with van der Waals surface area (Å²) in [7, 11) is 3.63. The van der Waals surface area contributed by atoms with E-state index in [1.165, 1.54) is 18.5 Å². The summed E-state index contributed by atoms with van der Waals surface area (Å²) in [5, 5.41) is 6.79. The number of likely N-dealkylation sites (tertiary alicyclic amines) is 1. The van der Waals surface area contributed by atoms with E-state index in [1.807, 2.05) is 22.9 Å². The molecule has 18 heteroatoms. The van der Waals surface area contributed by atoms with E-state index in [0.29, 0.717) is 76.0 Å². The summed E-state index contributed by atoms with van der Waals surface area (Å²) >= 11 is 0. The van der Waals surface area contributed by atoms with Gasteiger partial charge in [0.2, 0.25) is 23.6 Å². The van der Waals surface area contributed by atoms with Crippen molar-refractivity contribution in [3.8, 4) is 5.75 Å². The molecule has 65 heavy (non-hydrogen) atoms. The van der Waals surface area contributed by atoms with Gasteiger partial charge < -0.3 is 30.2 Å². The number of alkyl halides is 2. The number of unbranched alkanes of at least 4 members (excludes halogenated alkanes) is 2. The number of benzene rings is 2. The predicted octanol–water partition coefficient (Wildman–Crippen LogP) is 4.40. The maximum atomic E-state index is 14.8. The van der Waals surface area contributed by atoms with Gasteiger partial charge in [-0.1, -0.05) is 6.07 Å². The average Bonchev–Trinajstić information content (AvgIpc) is 3.73. The molecule has 8 rings (SSSR count). The third kappa shape index (κ3) is 8.71. The summed E-state index contributed by atoms with van der Waals surface area (Å²) in [5.41, 5.74) is 10.8. The topological polar surface area (TPSA) is 182 Å². The maximum absolute atomic E-state index is 14.8. The molecule has 2 fully saturated rings. The normalized spacial score (nSPS) is 22.1. The number of nitrogens with two attached hydrogens (primary N) is 1. The number of aliphatic imine (C=N–C) groups is 1. The highest BCUT2D eigenvalue weighted by molar-refractivity contribution is 6.24. The molecule has 6 aliphatic heterocycles. The molecule has 2 unspecified atom stereocenters. The summed E-state index contributed by atoms with van der Waals surface area (Å²) in [5.74, 6) is -1.99. The van der Waals surface area contributed by atoms with Crippen molar-refractivity contribution in [2.45, 2.75) is 102 Å². The molecule has 2 saturated heterocycles. The Morgan fingerprint density at radius 1 is 0.969 bits per heavy atom. The molecular formula is C47H57F2N9O7. The summed E-state index contributed by atoms with van der Waals surface area (Å²) in [4.78, 5) is 87.8. The largest absolute Gasteiger partial charge is 0.493 e. The van der Waals surface area contributed by atoms with E-state index in [4.69, 9.17) is 10.5 Å². The van der Waals surface area contributed by atoms with Crippen LogP contribution in [-0.4, -0.2) is 138 Å². The van der Waals surface area contributed by atoms with Crippen molar-refractivity contribution in [3.63, 3.8) is 0 Å². The van der Waals surface area contributed by atoms with E-state index in [-0.39, 0.29) is 65.9 Å². The zero-order chi connectivity index (χ0) is 46.1. The fraction of sp³-hybridized carbons (Fsp3) is 0.511. The van der Waals surface area contributed by atoms with E-state index in [0.717, 1.165) is 53.1 Å². The van der Waals surface area contributed by atoms with Crippen molar-refractivity contribution in [1.29, 1.82) is 0 Å². The highest BCUT2D eigenvalue weighted by Crippen LogP contribution is 2.44. The van der Waals surface area contributed by atoms with Gasteiger partial charge in [0.1, 0.15) is 18.0 Å². The van der Waals surface area contributed by atoms with E-state index in [9.17, 15) is 37.5 Å². The van der Waals surface area contributed by atoms with E-state index >= 15 is 0 Å². The number of halogens is 2. The molecule has 0 saturated carbocycles. The fourth-order valence-electron chi connectivity index (χ4n) is 10.5. The lowest BCUT2D eigenvalue weighted by Gasteiger charge is -2.46. The molecule has 2 aromatic carbocycles. The number of hydrazine groups is 1. The monoisotopic (exact) mass is 897 g/mol. The Morgan fingerprint density at radius 2 is 1.75 bits per heavy atom. The van der Waals surface area contributed by atoms with Crippen molar-refractivity contribution >= 4 is 52.9 Å². The minimum absolute atomic E-state index is 0.00765. The Kier molecular flexibility index (Phi) is 13.4. The number of rotatable bonds is 13. The number of fused-ring (bicyclic) bond motifs is 2. The number of carbonyl (C=O) groups is 6. The molecular weight excluding hydrogens is 841 g/mol. The molecule has 2 aromatic rings. The second kappa shape index (κ2) is 19.1. The Hall–Kier alpha value is -6.17. The van der Waals surface area contributed by atoms with Crippen molar-refractivity contribution in [2.24, 2.45) is 10.7 Å². The van der Waals surface area contributed by atoms with Gasteiger partial charge in [-0.25, -0.2) is 8.78 Å². The number of hydrogen-bond donors (Lipinski definition) is 2. The number of nitrogens with one attached hydrogen (secondary N) is 1. The van der Waals surface area contributed by atoms with Crippen LogP contribution in [0.3, 0.4) is 0 Å². The van der Waals surface area contributed by atoms with Crippen molar-refractivity contribution in [2.75, 3.05) is 58.3 Å². The van der Waals surface area contributed by atoms with Gasteiger partial charge in [0.15, 0.2) is 0 Å². The van der Waals surface area contributed by atoms with Crippen molar-refractivity contribution in [3.05, 3.63) is 75.6 Å². The number of hydrogen-bond acceptors (Lipinski definition) is 12. The number of allylic oxidation sites excluding steroid dienone is 1. The molecule has 2 atom stereocenters. The number of aryl methyl sites for hydroxylation is 1. The van der Waals surface area contributed by atoms with Crippen LogP contribution in [0.15, 0.2) is 52.8 Å². The first kappa shape index (κ1) is 45.4. The number of ether oxygens (including phenoxy) is 1. The van der Waals surface area contributed by atoms with Crippen LogP contribution in [0.25, 0.3) is 5.57 Å². The lowest BCUT2D eigenvalue weighted by Crippen LogP contribution is -2.55. The molecule has 16 nitrogen and oxygen atoms in total. The van der Waals surface area contributed by atoms with Crippen LogP contribution in [0.5, 0.6) is 5.75 Å². The number of anilines is 1. The first-order chi connectivity index (χ1) is 31.3. The molecule has 346 valence electrons. The smallest absolute Gasteiger partial charge is 0.266 e. The number of nitrogens with zero attached hydrogens (tertiary/aromatic N) is 7. The molecule has 6 amide bonds. The van der Waals surface area contributed by atoms with Gasteiger partial charge >= 0.3 is 0 Å². The van der Waals surface area contributed by atoms with Gasteiger partial charge in [0, 0.05) is 120 Å². The quantitative estimate of drug-likeness (QED) is 0.165. The number of amides is 6. The number of imide groups is 2. The molecule has 0 spiro atoms. The minimum Gasteiger partial charge on any atom is -0.493 e.